The monoisotopic (exact) mass is 308 g/mol. The van der Waals surface area contributed by atoms with Crippen LogP contribution in [0.4, 0.5) is 13.2 Å². The summed E-state index contributed by atoms with van der Waals surface area (Å²) in [7, 11) is 0. The molecule has 22 heavy (non-hydrogen) atoms. The Morgan fingerprint density at radius 3 is 2.27 bits per heavy atom. The van der Waals surface area contributed by atoms with Gasteiger partial charge in [-0.05, 0) is 30.5 Å². The van der Waals surface area contributed by atoms with Crippen LogP contribution in [0.25, 0.3) is 11.1 Å². The Morgan fingerprint density at radius 2 is 1.68 bits per heavy atom. The summed E-state index contributed by atoms with van der Waals surface area (Å²) in [4.78, 5) is 0. The molecule has 0 fully saturated rings. The second-order valence-corrected chi connectivity index (χ2v) is 5.20. The van der Waals surface area contributed by atoms with E-state index in [9.17, 15) is 13.2 Å². The van der Waals surface area contributed by atoms with Gasteiger partial charge >= 0.3 is 6.18 Å². The topological polar surface area (TPSA) is 9.23 Å². The van der Waals surface area contributed by atoms with Crippen molar-refractivity contribution in [2.24, 2.45) is 0 Å². The van der Waals surface area contributed by atoms with E-state index in [4.69, 9.17) is 4.74 Å². The van der Waals surface area contributed by atoms with Gasteiger partial charge in [0.2, 0.25) is 0 Å². The number of aryl methyl sites for hydroxylation is 1. The predicted octanol–water partition coefficient (Wildman–Crippen LogP) is 5.86. The molecule has 0 unspecified atom stereocenters. The van der Waals surface area contributed by atoms with Crippen LogP contribution in [0.15, 0.2) is 42.5 Å². The smallest absolute Gasteiger partial charge is 0.417 e. The summed E-state index contributed by atoms with van der Waals surface area (Å²) in [5.74, 6) is 0.328. The van der Waals surface area contributed by atoms with E-state index in [2.05, 4.69) is 0 Å². The molecule has 2 aromatic rings. The third-order valence-corrected chi connectivity index (χ3v) is 3.47. The van der Waals surface area contributed by atoms with Crippen molar-refractivity contribution < 1.29 is 17.9 Å². The SMILES string of the molecule is CCCCOc1c(C)ccc(C(F)(F)F)c1-c1ccccc1. The first-order chi connectivity index (χ1) is 10.4. The number of unbranched alkanes of at least 4 members (excludes halogenated alkanes) is 1. The number of benzene rings is 2. The molecule has 0 aromatic heterocycles. The summed E-state index contributed by atoms with van der Waals surface area (Å²) in [6.45, 7) is 4.20. The zero-order chi connectivity index (χ0) is 16.2. The molecular formula is C18H19F3O. The molecule has 0 saturated heterocycles. The van der Waals surface area contributed by atoms with E-state index in [0.717, 1.165) is 18.9 Å². The first-order valence-electron chi connectivity index (χ1n) is 7.34. The third-order valence-electron chi connectivity index (χ3n) is 3.47. The summed E-state index contributed by atoms with van der Waals surface area (Å²) in [6, 6.07) is 11.2. The molecule has 0 aliphatic rings. The largest absolute Gasteiger partial charge is 0.493 e. The van der Waals surface area contributed by atoms with Gasteiger partial charge in [-0.3, -0.25) is 0 Å². The number of rotatable bonds is 5. The normalized spacial score (nSPS) is 11.5. The van der Waals surface area contributed by atoms with Gasteiger partial charge in [0.15, 0.2) is 0 Å². The molecule has 2 aromatic carbocycles. The van der Waals surface area contributed by atoms with Gasteiger partial charge in [-0.1, -0.05) is 49.7 Å². The molecular weight excluding hydrogens is 289 g/mol. The van der Waals surface area contributed by atoms with Gasteiger partial charge in [0, 0.05) is 5.56 Å². The van der Waals surface area contributed by atoms with E-state index in [1.807, 2.05) is 6.92 Å². The maximum atomic E-state index is 13.4. The first kappa shape index (κ1) is 16.4. The van der Waals surface area contributed by atoms with Crippen LogP contribution in [0.3, 0.4) is 0 Å². The average molecular weight is 308 g/mol. The van der Waals surface area contributed by atoms with Crippen molar-refractivity contribution in [1.82, 2.24) is 0 Å². The van der Waals surface area contributed by atoms with Gasteiger partial charge in [-0.2, -0.15) is 13.2 Å². The lowest BCUT2D eigenvalue weighted by atomic mass is 9.95. The van der Waals surface area contributed by atoms with E-state index in [-0.39, 0.29) is 5.56 Å². The fourth-order valence-electron chi connectivity index (χ4n) is 2.32. The standard InChI is InChI=1S/C18H19F3O/c1-3-4-12-22-17-13(2)10-11-15(18(19,20)21)16(17)14-8-6-5-7-9-14/h5-11H,3-4,12H2,1-2H3. The average Bonchev–Trinajstić information content (AvgIpc) is 2.48. The van der Waals surface area contributed by atoms with Crippen LogP contribution in [-0.4, -0.2) is 6.61 Å². The Kier molecular flexibility index (Phi) is 5.11. The van der Waals surface area contributed by atoms with Crippen LogP contribution >= 0.6 is 0 Å². The molecule has 4 heteroatoms. The van der Waals surface area contributed by atoms with E-state index in [0.29, 0.717) is 23.5 Å². The zero-order valence-electron chi connectivity index (χ0n) is 12.7. The van der Waals surface area contributed by atoms with Crippen molar-refractivity contribution in [3.8, 4) is 16.9 Å². The summed E-state index contributed by atoms with van der Waals surface area (Å²) < 4.78 is 45.8. The number of ether oxygens (including phenoxy) is 1. The Hall–Kier alpha value is -1.97. The Morgan fingerprint density at radius 1 is 1.00 bits per heavy atom. The van der Waals surface area contributed by atoms with Crippen LogP contribution < -0.4 is 4.74 Å². The van der Waals surface area contributed by atoms with Crippen LogP contribution in [0.1, 0.15) is 30.9 Å². The quantitative estimate of drug-likeness (QED) is 0.629. The molecule has 0 N–H and O–H groups in total. The Bertz CT molecular complexity index is 618. The minimum absolute atomic E-state index is 0.129. The van der Waals surface area contributed by atoms with Crippen LogP contribution in [-0.2, 0) is 6.18 Å². The van der Waals surface area contributed by atoms with Gasteiger partial charge in [-0.15, -0.1) is 0 Å². The molecule has 0 radical (unpaired) electrons. The van der Waals surface area contributed by atoms with E-state index in [1.54, 1.807) is 37.3 Å². The molecule has 0 aliphatic heterocycles. The Balaban J connectivity index is 2.60. The van der Waals surface area contributed by atoms with E-state index in [1.165, 1.54) is 6.07 Å². The Labute approximate surface area is 128 Å². The number of halogens is 3. The van der Waals surface area contributed by atoms with Gasteiger partial charge in [0.05, 0.1) is 12.2 Å². The molecule has 0 spiro atoms. The predicted molar refractivity (Wildman–Crippen MR) is 82.0 cm³/mol. The van der Waals surface area contributed by atoms with E-state index >= 15 is 0 Å². The van der Waals surface area contributed by atoms with Gasteiger partial charge in [-0.25, -0.2) is 0 Å². The summed E-state index contributed by atoms with van der Waals surface area (Å²) in [6.07, 6.45) is -2.68. The highest BCUT2D eigenvalue weighted by Gasteiger charge is 2.35. The van der Waals surface area contributed by atoms with Crippen molar-refractivity contribution in [2.45, 2.75) is 32.9 Å². The maximum Gasteiger partial charge on any atom is 0.417 e. The van der Waals surface area contributed by atoms with Gasteiger partial charge in [0.25, 0.3) is 0 Å². The zero-order valence-corrected chi connectivity index (χ0v) is 12.7. The minimum atomic E-state index is -4.41. The van der Waals surface area contributed by atoms with Crippen molar-refractivity contribution in [3.63, 3.8) is 0 Å². The van der Waals surface area contributed by atoms with Gasteiger partial charge < -0.3 is 4.74 Å². The highest BCUT2D eigenvalue weighted by Crippen LogP contribution is 2.43. The lowest BCUT2D eigenvalue weighted by Gasteiger charge is -2.19. The molecule has 0 bridgehead atoms. The molecule has 118 valence electrons. The fourth-order valence-corrected chi connectivity index (χ4v) is 2.32. The highest BCUT2D eigenvalue weighted by atomic mass is 19.4. The number of hydrogen-bond acceptors (Lipinski definition) is 1. The second kappa shape index (κ2) is 6.86. The van der Waals surface area contributed by atoms with Crippen molar-refractivity contribution in [1.29, 1.82) is 0 Å². The van der Waals surface area contributed by atoms with Crippen LogP contribution in [0, 0.1) is 6.92 Å². The molecule has 0 amide bonds. The minimum Gasteiger partial charge on any atom is -0.493 e. The number of hydrogen-bond donors (Lipinski definition) is 0. The lowest BCUT2D eigenvalue weighted by Crippen LogP contribution is -2.10. The molecule has 0 atom stereocenters. The van der Waals surface area contributed by atoms with Gasteiger partial charge in [0.1, 0.15) is 5.75 Å². The molecule has 0 heterocycles. The second-order valence-electron chi connectivity index (χ2n) is 5.20. The van der Waals surface area contributed by atoms with Crippen LogP contribution in [0.2, 0.25) is 0 Å². The lowest BCUT2D eigenvalue weighted by molar-refractivity contribution is -0.137. The summed E-state index contributed by atoms with van der Waals surface area (Å²) in [5, 5.41) is 0. The van der Waals surface area contributed by atoms with Crippen molar-refractivity contribution in [3.05, 3.63) is 53.6 Å². The summed E-state index contributed by atoms with van der Waals surface area (Å²) in [5.41, 5.74) is 0.702. The maximum absolute atomic E-state index is 13.4. The molecule has 2 rings (SSSR count). The molecule has 1 nitrogen and oxygen atoms in total. The van der Waals surface area contributed by atoms with Crippen molar-refractivity contribution in [2.75, 3.05) is 6.61 Å². The highest BCUT2D eigenvalue weighted by molar-refractivity contribution is 5.76. The fraction of sp³-hybridized carbons (Fsp3) is 0.333. The first-order valence-corrected chi connectivity index (χ1v) is 7.34. The van der Waals surface area contributed by atoms with Crippen molar-refractivity contribution >= 4 is 0 Å². The molecule has 0 aliphatic carbocycles. The van der Waals surface area contributed by atoms with Crippen LogP contribution in [0.5, 0.6) is 5.75 Å². The molecule has 0 saturated carbocycles. The van der Waals surface area contributed by atoms with E-state index < -0.39 is 11.7 Å². The third kappa shape index (κ3) is 3.62. The summed E-state index contributed by atoms with van der Waals surface area (Å²) >= 11 is 0. The number of alkyl halides is 3.